The Morgan fingerprint density at radius 1 is 1.56 bits per heavy atom. The molecule has 2 N–H and O–H groups in total. The van der Waals surface area contributed by atoms with Crippen molar-refractivity contribution in [3.05, 3.63) is 17.5 Å². The number of aliphatic hydroxyl groups is 1. The fraction of sp³-hybridized carbons (Fsp3) is 0.692. The predicted octanol–water partition coefficient (Wildman–Crippen LogP) is 1.12. The van der Waals surface area contributed by atoms with Crippen molar-refractivity contribution in [1.82, 2.24) is 15.1 Å². The van der Waals surface area contributed by atoms with E-state index in [-0.39, 0.29) is 17.9 Å². The zero-order chi connectivity index (χ0) is 13.8. The molecule has 1 heterocycles. The number of nitrogens with one attached hydrogen (secondary N) is 1. The van der Waals surface area contributed by atoms with E-state index in [4.69, 9.17) is 5.11 Å². The number of aromatic nitrogens is 2. The minimum absolute atomic E-state index is 0.0917. The third-order valence-electron chi connectivity index (χ3n) is 3.00. The summed E-state index contributed by atoms with van der Waals surface area (Å²) >= 11 is 0. The summed E-state index contributed by atoms with van der Waals surface area (Å²) in [4.78, 5) is 12.1. The zero-order valence-electron chi connectivity index (χ0n) is 11.7. The Kier molecular flexibility index (Phi) is 4.90. The Morgan fingerprint density at radius 2 is 2.22 bits per heavy atom. The third-order valence-corrected chi connectivity index (χ3v) is 3.00. The van der Waals surface area contributed by atoms with Crippen LogP contribution >= 0.6 is 0 Å². The van der Waals surface area contributed by atoms with Crippen molar-refractivity contribution in [3.63, 3.8) is 0 Å². The van der Waals surface area contributed by atoms with Crippen LogP contribution in [-0.2, 0) is 13.5 Å². The van der Waals surface area contributed by atoms with Crippen LogP contribution in [-0.4, -0.2) is 33.9 Å². The van der Waals surface area contributed by atoms with Gasteiger partial charge in [0.15, 0.2) is 0 Å². The summed E-state index contributed by atoms with van der Waals surface area (Å²) in [6.45, 7) is 6.70. The molecule has 0 aliphatic carbocycles. The van der Waals surface area contributed by atoms with Crippen molar-refractivity contribution < 1.29 is 9.90 Å². The van der Waals surface area contributed by atoms with Crippen molar-refractivity contribution in [1.29, 1.82) is 0 Å². The number of carbonyl (C=O) groups excluding carboxylic acids is 1. The van der Waals surface area contributed by atoms with Gasteiger partial charge >= 0.3 is 0 Å². The fourth-order valence-corrected chi connectivity index (χ4v) is 1.79. The van der Waals surface area contributed by atoms with Crippen molar-refractivity contribution in [2.24, 2.45) is 12.5 Å². The summed E-state index contributed by atoms with van der Waals surface area (Å²) in [6, 6.07) is 0. The summed E-state index contributed by atoms with van der Waals surface area (Å²) in [5, 5.41) is 16.1. The number of aryl methyl sites for hydroxylation is 2. The highest BCUT2D eigenvalue weighted by atomic mass is 16.3. The second kappa shape index (κ2) is 6.00. The first-order chi connectivity index (χ1) is 8.39. The van der Waals surface area contributed by atoms with Crippen LogP contribution in [0.25, 0.3) is 0 Å². The van der Waals surface area contributed by atoms with Gasteiger partial charge in [0.1, 0.15) is 0 Å². The molecule has 5 nitrogen and oxygen atoms in total. The zero-order valence-corrected chi connectivity index (χ0v) is 11.7. The van der Waals surface area contributed by atoms with E-state index in [0.717, 1.165) is 12.1 Å². The van der Waals surface area contributed by atoms with Crippen LogP contribution < -0.4 is 5.32 Å². The average molecular weight is 253 g/mol. The molecule has 102 valence electrons. The number of rotatable bonds is 6. The molecule has 1 amide bonds. The predicted molar refractivity (Wildman–Crippen MR) is 70.4 cm³/mol. The van der Waals surface area contributed by atoms with Crippen LogP contribution in [0.1, 0.15) is 43.2 Å². The second-order valence-electron chi connectivity index (χ2n) is 5.34. The van der Waals surface area contributed by atoms with Crippen LogP contribution in [0.3, 0.4) is 0 Å². The molecule has 0 spiro atoms. The molecule has 5 heteroatoms. The Morgan fingerprint density at radius 3 is 2.78 bits per heavy atom. The largest absolute Gasteiger partial charge is 0.396 e. The molecule has 0 saturated carbocycles. The van der Waals surface area contributed by atoms with E-state index in [1.807, 2.05) is 27.8 Å². The molecule has 1 aromatic rings. The van der Waals surface area contributed by atoms with Gasteiger partial charge in [0.2, 0.25) is 0 Å². The lowest BCUT2D eigenvalue weighted by molar-refractivity contribution is 0.0927. The van der Waals surface area contributed by atoms with Gasteiger partial charge in [-0.3, -0.25) is 9.48 Å². The molecule has 1 rings (SSSR count). The number of aliphatic hydroxyl groups excluding tert-OH is 1. The lowest BCUT2D eigenvalue weighted by Crippen LogP contribution is -2.34. The standard InChI is InChI=1S/C13H23N3O2/c1-5-11-10(8-16(4)15-11)12(18)14-9-13(2,3)6-7-17/h8,17H,5-7,9H2,1-4H3,(H,14,18). The van der Waals surface area contributed by atoms with Gasteiger partial charge in [-0.25, -0.2) is 0 Å². The van der Waals surface area contributed by atoms with E-state index in [0.29, 0.717) is 18.5 Å². The summed E-state index contributed by atoms with van der Waals surface area (Å²) < 4.78 is 1.66. The maximum Gasteiger partial charge on any atom is 0.254 e. The maximum atomic E-state index is 12.1. The molecule has 0 saturated heterocycles. The molecule has 0 aliphatic rings. The van der Waals surface area contributed by atoms with Gasteiger partial charge in [0.25, 0.3) is 5.91 Å². The quantitative estimate of drug-likeness (QED) is 0.798. The van der Waals surface area contributed by atoms with E-state index in [1.165, 1.54) is 0 Å². The fourth-order valence-electron chi connectivity index (χ4n) is 1.79. The molecule has 18 heavy (non-hydrogen) atoms. The molecule has 0 aromatic carbocycles. The highest BCUT2D eigenvalue weighted by molar-refractivity contribution is 5.95. The molecule has 0 bridgehead atoms. The van der Waals surface area contributed by atoms with Crippen LogP contribution in [0, 0.1) is 5.41 Å². The summed E-state index contributed by atoms with van der Waals surface area (Å²) in [5.74, 6) is -0.0917. The van der Waals surface area contributed by atoms with Gasteiger partial charge in [-0.1, -0.05) is 20.8 Å². The van der Waals surface area contributed by atoms with E-state index < -0.39 is 0 Å². The van der Waals surface area contributed by atoms with Crippen LogP contribution in [0.2, 0.25) is 0 Å². The minimum Gasteiger partial charge on any atom is -0.396 e. The summed E-state index contributed by atoms with van der Waals surface area (Å²) in [5.41, 5.74) is 1.36. The van der Waals surface area contributed by atoms with Gasteiger partial charge < -0.3 is 10.4 Å². The van der Waals surface area contributed by atoms with Gasteiger partial charge in [-0.15, -0.1) is 0 Å². The van der Waals surface area contributed by atoms with Gasteiger partial charge in [-0.05, 0) is 18.3 Å². The molecule has 0 aliphatic heterocycles. The topological polar surface area (TPSA) is 67.2 Å². The first-order valence-corrected chi connectivity index (χ1v) is 6.31. The first kappa shape index (κ1) is 14.7. The van der Waals surface area contributed by atoms with Gasteiger partial charge in [0.05, 0.1) is 11.3 Å². The number of hydrogen-bond acceptors (Lipinski definition) is 3. The number of nitrogens with zero attached hydrogens (tertiary/aromatic N) is 2. The van der Waals surface area contributed by atoms with Crippen molar-refractivity contribution >= 4 is 5.91 Å². The summed E-state index contributed by atoms with van der Waals surface area (Å²) in [7, 11) is 1.81. The highest BCUT2D eigenvalue weighted by Crippen LogP contribution is 2.18. The SMILES string of the molecule is CCc1nn(C)cc1C(=O)NCC(C)(C)CCO. The Balaban J connectivity index is 2.65. The monoisotopic (exact) mass is 253 g/mol. The van der Waals surface area contributed by atoms with Crippen LogP contribution in [0.15, 0.2) is 6.20 Å². The highest BCUT2D eigenvalue weighted by Gasteiger charge is 2.20. The third kappa shape index (κ3) is 3.84. The van der Waals surface area contributed by atoms with Crippen LogP contribution in [0.4, 0.5) is 0 Å². The number of hydrogen-bond donors (Lipinski definition) is 2. The van der Waals surface area contributed by atoms with Crippen molar-refractivity contribution in [3.8, 4) is 0 Å². The number of carbonyl (C=O) groups is 1. The lowest BCUT2D eigenvalue weighted by atomic mass is 9.89. The molecule has 0 unspecified atom stereocenters. The minimum atomic E-state index is -0.0982. The van der Waals surface area contributed by atoms with E-state index in [9.17, 15) is 4.79 Å². The van der Waals surface area contributed by atoms with Crippen molar-refractivity contribution in [2.45, 2.75) is 33.6 Å². The Hall–Kier alpha value is -1.36. The van der Waals surface area contributed by atoms with Gasteiger partial charge in [0, 0.05) is 26.4 Å². The molecular formula is C13H23N3O2. The smallest absolute Gasteiger partial charge is 0.254 e. The molecule has 1 aromatic heterocycles. The molecule has 0 atom stereocenters. The second-order valence-corrected chi connectivity index (χ2v) is 5.34. The summed E-state index contributed by atoms with van der Waals surface area (Å²) in [6.07, 6.45) is 3.15. The Labute approximate surface area is 108 Å². The molecule has 0 fully saturated rings. The van der Waals surface area contributed by atoms with E-state index in [2.05, 4.69) is 10.4 Å². The van der Waals surface area contributed by atoms with Crippen LogP contribution in [0.5, 0.6) is 0 Å². The van der Waals surface area contributed by atoms with E-state index >= 15 is 0 Å². The first-order valence-electron chi connectivity index (χ1n) is 6.31. The average Bonchev–Trinajstić information content (AvgIpc) is 2.67. The normalized spacial score (nSPS) is 11.6. The van der Waals surface area contributed by atoms with Gasteiger partial charge in [-0.2, -0.15) is 5.10 Å². The lowest BCUT2D eigenvalue weighted by Gasteiger charge is -2.23. The number of amides is 1. The Bertz CT molecular complexity index is 410. The van der Waals surface area contributed by atoms with Crippen molar-refractivity contribution in [2.75, 3.05) is 13.2 Å². The van der Waals surface area contributed by atoms with E-state index in [1.54, 1.807) is 10.9 Å². The molecule has 0 radical (unpaired) electrons. The molecular weight excluding hydrogens is 230 g/mol. The maximum absolute atomic E-state index is 12.1.